The molecule has 0 unspecified atom stereocenters. The fourth-order valence-corrected chi connectivity index (χ4v) is 3.60. The summed E-state index contributed by atoms with van der Waals surface area (Å²) >= 11 is 0. The molecule has 0 aliphatic rings. The Hall–Kier alpha value is -3.33. The van der Waals surface area contributed by atoms with Crippen LogP contribution in [0.4, 0.5) is 0 Å². The van der Waals surface area contributed by atoms with E-state index in [1.165, 1.54) is 22.1 Å². The van der Waals surface area contributed by atoms with Gasteiger partial charge in [-0.2, -0.15) is 0 Å². The molecular weight excluding hydrogens is 320 g/mol. The van der Waals surface area contributed by atoms with E-state index in [2.05, 4.69) is 66.3 Å². The van der Waals surface area contributed by atoms with Crippen molar-refractivity contribution in [2.24, 2.45) is 0 Å². The third kappa shape index (κ3) is 2.32. The van der Waals surface area contributed by atoms with Crippen LogP contribution in [-0.4, -0.2) is 9.97 Å². The van der Waals surface area contributed by atoms with Crippen molar-refractivity contribution in [3.63, 3.8) is 0 Å². The first-order valence-electron chi connectivity index (χ1n) is 8.73. The summed E-state index contributed by atoms with van der Waals surface area (Å²) in [5.41, 5.74) is 8.64. The van der Waals surface area contributed by atoms with Crippen LogP contribution in [0.25, 0.3) is 44.5 Å². The molecule has 0 amide bonds. The summed E-state index contributed by atoms with van der Waals surface area (Å²) in [6.07, 6.45) is 3.91. The molecule has 0 atom stereocenters. The van der Waals surface area contributed by atoms with Crippen LogP contribution in [0, 0.1) is 13.8 Å². The number of aromatic nitrogens is 2. The van der Waals surface area contributed by atoms with Crippen LogP contribution in [0.3, 0.4) is 0 Å². The topological polar surface area (TPSA) is 41.8 Å². The van der Waals surface area contributed by atoms with Gasteiger partial charge in [0.1, 0.15) is 11.3 Å². The van der Waals surface area contributed by atoms with Gasteiger partial charge in [-0.25, -0.2) is 0 Å². The maximum absolute atomic E-state index is 6.11. The number of benzene rings is 2. The van der Waals surface area contributed by atoms with Crippen molar-refractivity contribution in [3.8, 4) is 22.5 Å². The van der Waals surface area contributed by atoms with Crippen molar-refractivity contribution >= 4 is 22.0 Å². The second-order valence-electron chi connectivity index (χ2n) is 6.76. The lowest BCUT2D eigenvalue weighted by atomic mass is 9.99. The molecule has 3 heterocycles. The second-order valence-corrected chi connectivity index (χ2v) is 6.76. The minimum Gasteiger partial charge on any atom is -0.454 e. The molecule has 2 aromatic carbocycles. The van der Waals surface area contributed by atoms with Gasteiger partial charge in [-0.05, 0) is 49.2 Å². The van der Waals surface area contributed by atoms with Crippen LogP contribution < -0.4 is 0 Å². The van der Waals surface area contributed by atoms with E-state index in [1.54, 1.807) is 0 Å². The molecule has 5 aromatic rings. The van der Waals surface area contributed by atoms with Crippen LogP contribution in [0.1, 0.15) is 11.1 Å². The molecule has 126 valence electrons. The monoisotopic (exact) mass is 338 g/mol. The van der Waals surface area contributed by atoms with E-state index in [1.807, 2.05) is 24.5 Å². The highest BCUT2D eigenvalue weighted by Gasteiger charge is 2.11. The number of nitrogens with one attached hydrogen (secondary N) is 1. The first-order chi connectivity index (χ1) is 12.7. The van der Waals surface area contributed by atoms with E-state index in [9.17, 15) is 0 Å². The van der Waals surface area contributed by atoms with Crippen molar-refractivity contribution < 1.29 is 4.42 Å². The van der Waals surface area contributed by atoms with Gasteiger partial charge in [0.2, 0.25) is 0 Å². The van der Waals surface area contributed by atoms with Crippen LogP contribution in [0.15, 0.2) is 71.4 Å². The van der Waals surface area contributed by atoms with Crippen LogP contribution >= 0.6 is 0 Å². The standard InChI is InChI=1S/C23H18N2O/c1-14-4-3-5-16(10-14)22-12-21-23(26-22)11-17(13-25-21)18-6-7-20-19(15(18)2)8-9-24-20/h3-13,24H,1-2H3. The van der Waals surface area contributed by atoms with Gasteiger partial charge >= 0.3 is 0 Å². The number of fused-ring (bicyclic) bond motifs is 2. The summed E-state index contributed by atoms with van der Waals surface area (Å²) in [6, 6.07) is 18.8. The molecule has 0 fully saturated rings. The Morgan fingerprint density at radius 1 is 0.923 bits per heavy atom. The molecule has 0 saturated heterocycles. The summed E-state index contributed by atoms with van der Waals surface area (Å²) in [7, 11) is 0. The normalized spacial score (nSPS) is 11.5. The first-order valence-corrected chi connectivity index (χ1v) is 8.73. The summed E-state index contributed by atoms with van der Waals surface area (Å²) in [5, 5.41) is 1.24. The number of pyridine rings is 1. The van der Waals surface area contributed by atoms with Gasteiger partial charge in [0.15, 0.2) is 5.58 Å². The summed E-state index contributed by atoms with van der Waals surface area (Å²) in [6.45, 7) is 4.23. The Kier molecular flexibility index (Phi) is 3.22. The molecule has 0 spiro atoms. The zero-order chi connectivity index (χ0) is 17.7. The average molecular weight is 338 g/mol. The second kappa shape index (κ2) is 5.60. The van der Waals surface area contributed by atoms with E-state index >= 15 is 0 Å². The average Bonchev–Trinajstić information content (AvgIpc) is 3.28. The van der Waals surface area contributed by atoms with Crippen LogP contribution in [-0.2, 0) is 0 Å². The maximum atomic E-state index is 6.11. The molecule has 0 saturated carbocycles. The van der Waals surface area contributed by atoms with Crippen molar-refractivity contribution in [3.05, 3.63) is 78.1 Å². The van der Waals surface area contributed by atoms with E-state index < -0.39 is 0 Å². The molecule has 3 aromatic heterocycles. The highest BCUT2D eigenvalue weighted by atomic mass is 16.3. The van der Waals surface area contributed by atoms with E-state index in [0.717, 1.165) is 33.5 Å². The minimum atomic E-state index is 0.813. The Bertz CT molecular complexity index is 1260. The zero-order valence-corrected chi connectivity index (χ0v) is 14.7. The molecule has 0 aliphatic carbocycles. The quantitative estimate of drug-likeness (QED) is 0.413. The molecule has 0 radical (unpaired) electrons. The number of hydrogen-bond acceptors (Lipinski definition) is 2. The molecule has 3 nitrogen and oxygen atoms in total. The number of H-pyrrole nitrogens is 1. The summed E-state index contributed by atoms with van der Waals surface area (Å²) < 4.78 is 6.11. The predicted molar refractivity (Wildman–Crippen MR) is 106 cm³/mol. The number of hydrogen-bond donors (Lipinski definition) is 1. The molecule has 26 heavy (non-hydrogen) atoms. The smallest absolute Gasteiger partial charge is 0.153 e. The lowest BCUT2D eigenvalue weighted by Gasteiger charge is -2.07. The van der Waals surface area contributed by atoms with Gasteiger partial charge in [0, 0.05) is 40.5 Å². The highest BCUT2D eigenvalue weighted by molar-refractivity contribution is 5.91. The molecule has 0 bridgehead atoms. The Morgan fingerprint density at radius 2 is 1.85 bits per heavy atom. The number of aromatic amines is 1. The Morgan fingerprint density at radius 3 is 2.73 bits per heavy atom. The number of aryl methyl sites for hydroxylation is 2. The fraction of sp³-hybridized carbons (Fsp3) is 0.0870. The lowest BCUT2D eigenvalue weighted by molar-refractivity contribution is 0.631. The fourth-order valence-electron chi connectivity index (χ4n) is 3.60. The van der Waals surface area contributed by atoms with Gasteiger partial charge in [-0.1, -0.05) is 29.8 Å². The minimum absolute atomic E-state index is 0.813. The lowest BCUT2D eigenvalue weighted by Crippen LogP contribution is -1.85. The van der Waals surface area contributed by atoms with E-state index in [0.29, 0.717) is 0 Å². The van der Waals surface area contributed by atoms with E-state index in [4.69, 9.17) is 4.42 Å². The SMILES string of the molecule is Cc1cccc(-c2cc3ncc(-c4ccc5[nH]ccc5c4C)cc3o2)c1. The van der Waals surface area contributed by atoms with Gasteiger partial charge in [0.25, 0.3) is 0 Å². The van der Waals surface area contributed by atoms with Crippen molar-refractivity contribution in [2.75, 3.05) is 0 Å². The first kappa shape index (κ1) is 15.0. The van der Waals surface area contributed by atoms with Gasteiger partial charge < -0.3 is 9.40 Å². The molecule has 1 N–H and O–H groups in total. The third-order valence-corrected chi connectivity index (χ3v) is 4.99. The van der Waals surface area contributed by atoms with Gasteiger partial charge in [-0.15, -0.1) is 0 Å². The largest absolute Gasteiger partial charge is 0.454 e. The van der Waals surface area contributed by atoms with Crippen molar-refractivity contribution in [2.45, 2.75) is 13.8 Å². The highest BCUT2D eigenvalue weighted by Crippen LogP contribution is 2.33. The number of nitrogens with zero attached hydrogens (tertiary/aromatic N) is 1. The van der Waals surface area contributed by atoms with Crippen LogP contribution in [0.5, 0.6) is 0 Å². The predicted octanol–water partition coefficient (Wildman–Crippen LogP) is 6.26. The van der Waals surface area contributed by atoms with Crippen molar-refractivity contribution in [1.82, 2.24) is 9.97 Å². The van der Waals surface area contributed by atoms with Gasteiger partial charge in [-0.3, -0.25) is 4.98 Å². The summed E-state index contributed by atoms with van der Waals surface area (Å²) in [5.74, 6) is 0.853. The zero-order valence-electron chi connectivity index (χ0n) is 14.7. The number of furan rings is 1. The summed E-state index contributed by atoms with van der Waals surface area (Å²) in [4.78, 5) is 7.89. The van der Waals surface area contributed by atoms with Gasteiger partial charge in [0.05, 0.1) is 0 Å². The number of rotatable bonds is 2. The molecular formula is C23H18N2O. The Balaban J connectivity index is 1.64. The molecule has 0 aliphatic heterocycles. The van der Waals surface area contributed by atoms with Crippen LogP contribution in [0.2, 0.25) is 0 Å². The third-order valence-electron chi connectivity index (χ3n) is 4.99. The maximum Gasteiger partial charge on any atom is 0.153 e. The van der Waals surface area contributed by atoms with Crippen molar-refractivity contribution in [1.29, 1.82) is 0 Å². The molecule has 3 heteroatoms. The Labute approximate surface area is 151 Å². The molecule has 5 rings (SSSR count). The van der Waals surface area contributed by atoms with E-state index in [-0.39, 0.29) is 0 Å².